The van der Waals surface area contributed by atoms with Crippen LogP contribution in [0.5, 0.6) is 0 Å². The Morgan fingerprint density at radius 3 is 2.71 bits per heavy atom. The van der Waals surface area contributed by atoms with E-state index < -0.39 is 0 Å². The minimum absolute atomic E-state index is 0.616. The predicted octanol–water partition coefficient (Wildman–Crippen LogP) is 3.15. The first-order valence-electron chi connectivity index (χ1n) is 4.92. The Morgan fingerprint density at radius 2 is 2.00 bits per heavy atom. The predicted molar refractivity (Wildman–Crippen MR) is 70.2 cm³/mol. The van der Waals surface area contributed by atoms with Gasteiger partial charge < -0.3 is 0 Å². The van der Waals surface area contributed by atoms with Gasteiger partial charge in [-0.25, -0.2) is 9.67 Å². The number of hydrogen-bond acceptors (Lipinski definition) is 4. The standard InChI is InChI=1S/C11H7BrN4S/c12-11-14-10(17-15-11)8-6-13-16(7-8)9-4-2-1-3-5-9/h1-7H. The molecule has 6 heteroatoms. The van der Waals surface area contributed by atoms with E-state index in [1.807, 2.05) is 41.2 Å². The molecule has 0 fully saturated rings. The Morgan fingerprint density at radius 1 is 1.18 bits per heavy atom. The molecule has 1 aromatic carbocycles. The molecule has 0 radical (unpaired) electrons. The van der Waals surface area contributed by atoms with Gasteiger partial charge in [-0.15, -0.1) is 0 Å². The van der Waals surface area contributed by atoms with Crippen LogP contribution in [0.3, 0.4) is 0 Å². The van der Waals surface area contributed by atoms with Crippen LogP contribution >= 0.6 is 27.5 Å². The van der Waals surface area contributed by atoms with Crippen molar-refractivity contribution in [1.82, 2.24) is 19.1 Å². The lowest BCUT2D eigenvalue weighted by Crippen LogP contribution is -1.92. The number of hydrogen-bond donors (Lipinski definition) is 0. The first-order chi connectivity index (χ1) is 8.33. The first kappa shape index (κ1) is 10.6. The van der Waals surface area contributed by atoms with Crippen LogP contribution in [0.4, 0.5) is 0 Å². The van der Waals surface area contributed by atoms with E-state index in [2.05, 4.69) is 30.4 Å². The molecule has 0 N–H and O–H groups in total. The fraction of sp³-hybridized carbons (Fsp3) is 0. The Balaban J connectivity index is 1.99. The molecule has 0 bridgehead atoms. The molecule has 2 aromatic heterocycles. The van der Waals surface area contributed by atoms with Gasteiger partial charge in [-0.2, -0.15) is 9.47 Å². The Labute approximate surface area is 110 Å². The van der Waals surface area contributed by atoms with E-state index in [-0.39, 0.29) is 0 Å². The number of benzene rings is 1. The van der Waals surface area contributed by atoms with Gasteiger partial charge in [0.25, 0.3) is 0 Å². The molecule has 0 spiro atoms. The molecule has 0 unspecified atom stereocenters. The fourth-order valence-electron chi connectivity index (χ4n) is 1.48. The summed E-state index contributed by atoms with van der Waals surface area (Å²) in [7, 11) is 0. The summed E-state index contributed by atoms with van der Waals surface area (Å²) in [6, 6.07) is 9.96. The van der Waals surface area contributed by atoms with Crippen LogP contribution in [0.2, 0.25) is 0 Å². The van der Waals surface area contributed by atoms with Crippen molar-refractivity contribution < 1.29 is 0 Å². The van der Waals surface area contributed by atoms with Gasteiger partial charge in [-0.05, 0) is 39.6 Å². The molecule has 84 valence electrons. The number of halogens is 1. The van der Waals surface area contributed by atoms with E-state index in [0.29, 0.717) is 4.73 Å². The smallest absolute Gasteiger partial charge is 0.209 e. The van der Waals surface area contributed by atoms with Gasteiger partial charge in [-0.1, -0.05) is 18.2 Å². The summed E-state index contributed by atoms with van der Waals surface area (Å²) in [5.74, 6) is 0. The summed E-state index contributed by atoms with van der Waals surface area (Å²) in [6.07, 6.45) is 3.74. The van der Waals surface area contributed by atoms with E-state index in [1.165, 1.54) is 11.5 Å². The highest BCUT2D eigenvalue weighted by Crippen LogP contribution is 2.23. The molecule has 3 rings (SSSR count). The minimum atomic E-state index is 0.616. The van der Waals surface area contributed by atoms with E-state index in [4.69, 9.17) is 0 Å². The Bertz CT molecular complexity index is 632. The molecule has 0 aliphatic heterocycles. The number of aromatic nitrogens is 4. The lowest BCUT2D eigenvalue weighted by Gasteiger charge is -1.98. The molecule has 0 saturated carbocycles. The average molecular weight is 307 g/mol. The average Bonchev–Trinajstić information content (AvgIpc) is 2.98. The second-order valence-electron chi connectivity index (χ2n) is 3.38. The first-order valence-corrected chi connectivity index (χ1v) is 6.49. The van der Waals surface area contributed by atoms with Crippen molar-refractivity contribution in [1.29, 1.82) is 0 Å². The number of para-hydroxylation sites is 1. The van der Waals surface area contributed by atoms with Crippen LogP contribution in [0.1, 0.15) is 0 Å². The lowest BCUT2D eigenvalue weighted by molar-refractivity contribution is 0.881. The van der Waals surface area contributed by atoms with Crippen LogP contribution in [-0.4, -0.2) is 19.1 Å². The molecule has 4 nitrogen and oxygen atoms in total. The second kappa shape index (κ2) is 4.38. The Kier molecular flexibility index (Phi) is 2.74. The monoisotopic (exact) mass is 306 g/mol. The molecular formula is C11H7BrN4S. The third-order valence-electron chi connectivity index (χ3n) is 2.25. The number of nitrogens with zero attached hydrogens (tertiary/aromatic N) is 4. The van der Waals surface area contributed by atoms with Crippen LogP contribution in [0.25, 0.3) is 16.3 Å². The Hall–Kier alpha value is -1.53. The van der Waals surface area contributed by atoms with Gasteiger partial charge in [-0.3, -0.25) is 0 Å². The summed E-state index contributed by atoms with van der Waals surface area (Å²) >= 11 is 4.59. The quantitative estimate of drug-likeness (QED) is 0.730. The van der Waals surface area contributed by atoms with Gasteiger partial charge in [0.1, 0.15) is 5.01 Å². The largest absolute Gasteiger partial charge is 0.240 e. The van der Waals surface area contributed by atoms with Crippen molar-refractivity contribution in [2.75, 3.05) is 0 Å². The maximum absolute atomic E-state index is 4.31. The summed E-state index contributed by atoms with van der Waals surface area (Å²) in [5.41, 5.74) is 2.00. The molecule has 0 aliphatic carbocycles. The number of rotatable bonds is 2. The minimum Gasteiger partial charge on any atom is -0.240 e. The van der Waals surface area contributed by atoms with E-state index >= 15 is 0 Å². The zero-order valence-electron chi connectivity index (χ0n) is 8.62. The van der Waals surface area contributed by atoms with Gasteiger partial charge in [0.2, 0.25) is 4.73 Å². The molecule has 0 saturated heterocycles. The van der Waals surface area contributed by atoms with Crippen molar-refractivity contribution in [3.63, 3.8) is 0 Å². The third-order valence-corrected chi connectivity index (χ3v) is 3.61. The molecule has 2 heterocycles. The van der Waals surface area contributed by atoms with Crippen LogP contribution in [-0.2, 0) is 0 Å². The van der Waals surface area contributed by atoms with E-state index in [9.17, 15) is 0 Å². The SMILES string of the molecule is Brc1nsc(-c2cnn(-c3ccccc3)c2)n1. The molecule has 0 amide bonds. The fourth-order valence-corrected chi connectivity index (χ4v) is 2.53. The third kappa shape index (κ3) is 2.13. The molecule has 3 aromatic rings. The van der Waals surface area contributed by atoms with Gasteiger partial charge >= 0.3 is 0 Å². The van der Waals surface area contributed by atoms with Crippen molar-refractivity contribution in [2.24, 2.45) is 0 Å². The van der Waals surface area contributed by atoms with Crippen molar-refractivity contribution in [3.8, 4) is 16.3 Å². The maximum atomic E-state index is 4.31. The zero-order valence-corrected chi connectivity index (χ0v) is 11.0. The van der Waals surface area contributed by atoms with Gasteiger partial charge in [0.15, 0.2) is 0 Å². The highest BCUT2D eigenvalue weighted by atomic mass is 79.9. The van der Waals surface area contributed by atoms with Crippen molar-refractivity contribution >= 4 is 27.5 Å². The molecule has 0 aliphatic rings. The summed E-state index contributed by atoms with van der Waals surface area (Å²) in [5, 5.41) is 5.17. The summed E-state index contributed by atoms with van der Waals surface area (Å²) < 4.78 is 6.52. The van der Waals surface area contributed by atoms with Crippen molar-refractivity contribution in [3.05, 3.63) is 47.5 Å². The van der Waals surface area contributed by atoms with Gasteiger partial charge in [0.05, 0.1) is 17.4 Å². The highest BCUT2D eigenvalue weighted by Gasteiger charge is 2.07. The van der Waals surface area contributed by atoms with E-state index in [0.717, 1.165) is 16.3 Å². The van der Waals surface area contributed by atoms with Crippen LogP contribution in [0, 0.1) is 0 Å². The molecule has 0 atom stereocenters. The maximum Gasteiger partial charge on any atom is 0.209 e. The molecular weight excluding hydrogens is 300 g/mol. The lowest BCUT2D eigenvalue weighted by atomic mass is 10.3. The zero-order chi connectivity index (χ0) is 11.7. The topological polar surface area (TPSA) is 43.6 Å². The highest BCUT2D eigenvalue weighted by molar-refractivity contribution is 9.10. The second-order valence-corrected chi connectivity index (χ2v) is 4.84. The summed E-state index contributed by atoms with van der Waals surface area (Å²) in [6.45, 7) is 0. The van der Waals surface area contributed by atoms with Crippen LogP contribution < -0.4 is 0 Å². The van der Waals surface area contributed by atoms with E-state index in [1.54, 1.807) is 6.20 Å². The van der Waals surface area contributed by atoms with Crippen molar-refractivity contribution in [2.45, 2.75) is 0 Å². The normalized spacial score (nSPS) is 10.6. The summed E-state index contributed by atoms with van der Waals surface area (Å²) in [4.78, 5) is 4.26. The molecule has 17 heavy (non-hydrogen) atoms. The van der Waals surface area contributed by atoms with Crippen LogP contribution in [0.15, 0.2) is 47.5 Å². The van der Waals surface area contributed by atoms with Gasteiger partial charge in [0, 0.05) is 6.20 Å².